The Morgan fingerprint density at radius 2 is 1.96 bits per heavy atom. The van der Waals surface area contributed by atoms with Crippen LogP contribution in [-0.4, -0.2) is 18.6 Å². The molecule has 0 unspecified atom stereocenters. The smallest absolute Gasteiger partial charge is 0.262 e. The summed E-state index contributed by atoms with van der Waals surface area (Å²) in [6.07, 6.45) is 0.0193. The molecule has 0 aliphatic heterocycles. The minimum atomic E-state index is -0.288. The monoisotopic (exact) mass is 397 g/mol. The van der Waals surface area contributed by atoms with E-state index in [9.17, 15) is 4.79 Å². The van der Waals surface area contributed by atoms with Crippen LogP contribution < -0.4 is 14.8 Å². The Hall–Kier alpha value is -1.72. The molecular weight excluding hydrogens is 382 g/mol. The van der Waals surface area contributed by atoms with Crippen LogP contribution in [0.15, 0.2) is 46.9 Å². The lowest BCUT2D eigenvalue weighted by Gasteiger charge is -2.15. The predicted molar refractivity (Wildman–Crippen MR) is 95.5 cm³/mol. The van der Waals surface area contributed by atoms with Crippen molar-refractivity contribution in [2.45, 2.75) is 20.0 Å². The maximum atomic E-state index is 12.1. The fourth-order valence-electron chi connectivity index (χ4n) is 1.85. The first-order chi connectivity index (χ1) is 11.0. The number of anilines is 1. The summed E-state index contributed by atoms with van der Waals surface area (Å²) < 4.78 is 11.9. The van der Waals surface area contributed by atoms with Gasteiger partial charge in [0.2, 0.25) is 0 Å². The van der Waals surface area contributed by atoms with Gasteiger partial charge in [0.25, 0.3) is 5.91 Å². The standard InChI is InChI=1S/C17H17BrClNO3/c1-11(2)23-16-6-4-3-5-14(16)20-17(21)10-22-15-8-7-12(18)9-13(15)19/h3-9,11H,10H2,1-2H3,(H,20,21). The maximum Gasteiger partial charge on any atom is 0.262 e. The van der Waals surface area contributed by atoms with Crippen LogP contribution in [0.3, 0.4) is 0 Å². The highest BCUT2D eigenvalue weighted by molar-refractivity contribution is 9.10. The van der Waals surface area contributed by atoms with E-state index in [1.54, 1.807) is 24.3 Å². The molecule has 0 radical (unpaired) electrons. The van der Waals surface area contributed by atoms with Crippen molar-refractivity contribution in [2.75, 3.05) is 11.9 Å². The molecule has 0 saturated carbocycles. The van der Waals surface area contributed by atoms with E-state index in [1.165, 1.54) is 0 Å². The van der Waals surface area contributed by atoms with Crippen LogP contribution in [0, 0.1) is 0 Å². The number of amides is 1. The molecule has 0 aromatic heterocycles. The molecule has 1 amide bonds. The average molecular weight is 399 g/mol. The van der Waals surface area contributed by atoms with Gasteiger partial charge in [-0.15, -0.1) is 0 Å². The number of rotatable bonds is 6. The molecule has 23 heavy (non-hydrogen) atoms. The van der Waals surface area contributed by atoms with Crippen LogP contribution in [0.2, 0.25) is 5.02 Å². The van der Waals surface area contributed by atoms with Crippen molar-refractivity contribution >= 4 is 39.1 Å². The number of carbonyl (C=O) groups excluding carboxylic acids is 1. The van der Waals surface area contributed by atoms with Crippen molar-refractivity contribution in [1.82, 2.24) is 0 Å². The zero-order valence-electron chi connectivity index (χ0n) is 12.8. The quantitative estimate of drug-likeness (QED) is 0.752. The summed E-state index contributed by atoms with van der Waals surface area (Å²) in [6.45, 7) is 3.71. The molecule has 122 valence electrons. The molecule has 2 rings (SSSR count). The number of halogens is 2. The van der Waals surface area contributed by atoms with Crippen LogP contribution in [0.4, 0.5) is 5.69 Å². The molecule has 0 bridgehead atoms. The van der Waals surface area contributed by atoms with E-state index >= 15 is 0 Å². The van der Waals surface area contributed by atoms with Crippen LogP contribution in [0.5, 0.6) is 11.5 Å². The number of benzene rings is 2. The second-order valence-corrected chi connectivity index (χ2v) is 6.40. The number of nitrogens with one attached hydrogen (secondary N) is 1. The molecular formula is C17H17BrClNO3. The van der Waals surface area contributed by atoms with Gasteiger partial charge in [0.1, 0.15) is 11.5 Å². The van der Waals surface area contributed by atoms with Gasteiger partial charge in [0.05, 0.1) is 16.8 Å². The molecule has 0 fully saturated rings. The molecule has 2 aromatic rings. The molecule has 0 spiro atoms. The highest BCUT2D eigenvalue weighted by Crippen LogP contribution is 2.28. The second kappa shape index (κ2) is 8.22. The zero-order valence-corrected chi connectivity index (χ0v) is 15.1. The van der Waals surface area contributed by atoms with Gasteiger partial charge < -0.3 is 14.8 Å². The number of hydrogen-bond donors (Lipinski definition) is 1. The third-order valence-electron chi connectivity index (χ3n) is 2.78. The lowest BCUT2D eigenvalue weighted by Crippen LogP contribution is -2.21. The summed E-state index contributed by atoms with van der Waals surface area (Å²) in [5, 5.41) is 3.22. The van der Waals surface area contributed by atoms with E-state index in [0.717, 1.165) is 4.47 Å². The minimum absolute atomic E-state index is 0.0193. The van der Waals surface area contributed by atoms with Crippen molar-refractivity contribution in [3.05, 3.63) is 52.0 Å². The minimum Gasteiger partial charge on any atom is -0.489 e. The highest BCUT2D eigenvalue weighted by Gasteiger charge is 2.10. The highest BCUT2D eigenvalue weighted by atomic mass is 79.9. The number of para-hydroxylation sites is 2. The molecule has 0 aliphatic carbocycles. The summed E-state index contributed by atoms with van der Waals surface area (Å²) in [7, 11) is 0. The third-order valence-corrected chi connectivity index (χ3v) is 3.57. The summed E-state index contributed by atoms with van der Waals surface area (Å²) in [6, 6.07) is 12.5. The molecule has 0 saturated heterocycles. The van der Waals surface area contributed by atoms with Crippen LogP contribution in [-0.2, 0) is 4.79 Å². The molecule has 6 heteroatoms. The Labute approximate surface area is 148 Å². The molecule has 0 heterocycles. The number of hydrogen-bond acceptors (Lipinski definition) is 3. The van der Waals surface area contributed by atoms with Crippen LogP contribution in [0.1, 0.15) is 13.8 Å². The van der Waals surface area contributed by atoms with Gasteiger partial charge in [-0.05, 0) is 44.2 Å². The lowest BCUT2D eigenvalue weighted by molar-refractivity contribution is -0.118. The van der Waals surface area contributed by atoms with E-state index in [-0.39, 0.29) is 18.6 Å². The maximum absolute atomic E-state index is 12.1. The van der Waals surface area contributed by atoms with E-state index in [4.69, 9.17) is 21.1 Å². The first-order valence-electron chi connectivity index (χ1n) is 7.09. The van der Waals surface area contributed by atoms with Gasteiger partial charge in [0.15, 0.2) is 6.61 Å². The molecule has 0 aliphatic rings. The topological polar surface area (TPSA) is 47.6 Å². The number of carbonyl (C=O) groups is 1. The first-order valence-corrected chi connectivity index (χ1v) is 8.26. The van der Waals surface area contributed by atoms with Crippen molar-refractivity contribution in [1.29, 1.82) is 0 Å². The van der Waals surface area contributed by atoms with E-state index in [1.807, 2.05) is 32.0 Å². The summed E-state index contributed by atoms with van der Waals surface area (Å²) in [4.78, 5) is 12.1. The van der Waals surface area contributed by atoms with Gasteiger partial charge in [0, 0.05) is 4.47 Å². The van der Waals surface area contributed by atoms with E-state index in [0.29, 0.717) is 22.2 Å². The molecule has 2 aromatic carbocycles. The SMILES string of the molecule is CC(C)Oc1ccccc1NC(=O)COc1ccc(Br)cc1Cl. The number of ether oxygens (including phenoxy) is 2. The van der Waals surface area contributed by atoms with Gasteiger partial charge in [-0.1, -0.05) is 39.7 Å². The fraction of sp³-hybridized carbons (Fsp3) is 0.235. The van der Waals surface area contributed by atoms with Crippen LogP contribution >= 0.6 is 27.5 Å². The van der Waals surface area contributed by atoms with Gasteiger partial charge in [-0.25, -0.2) is 0 Å². The van der Waals surface area contributed by atoms with Crippen molar-refractivity contribution in [3.8, 4) is 11.5 Å². The van der Waals surface area contributed by atoms with E-state index in [2.05, 4.69) is 21.2 Å². The van der Waals surface area contributed by atoms with Gasteiger partial charge in [-0.2, -0.15) is 0 Å². The van der Waals surface area contributed by atoms with Gasteiger partial charge >= 0.3 is 0 Å². The summed E-state index contributed by atoms with van der Waals surface area (Å²) in [5.74, 6) is 0.790. The Balaban J connectivity index is 1.97. The summed E-state index contributed by atoms with van der Waals surface area (Å²) >= 11 is 9.36. The van der Waals surface area contributed by atoms with Crippen molar-refractivity contribution < 1.29 is 14.3 Å². The third kappa shape index (κ3) is 5.44. The zero-order chi connectivity index (χ0) is 16.8. The Kier molecular flexibility index (Phi) is 6.30. The predicted octanol–water partition coefficient (Wildman–Crippen LogP) is 4.91. The van der Waals surface area contributed by atoms with E-state index < -0.39 is 0 Å². The molecule has 1 N–H and O–H groups in total. The molecule has 0 atom stereocenters. The first kappa shape index (κ1) is 17.6. The Morgan fingerprint density at radius 1 is 1.22 bits per heavy atom. The van der Waals surface area contributed by atoms with Crippen LogP contribution in [0.25, 0.3) is 0 Å². The fourth-order valence-corrected chi connectivity index (χ4v) is 2.58. The van der Waals surface area contributed by atoms with Gasteiger partial charge in [-0.3, -0.25) is 4.79 Å². The lowest BCUT2D eigenvalue weighted by atomic mass is 10.3. The summed E-state index contributed by atoms with van der Waals surface area (Å²) in [5.41, 5.74) is 0.608. The normalized spacial score (nSPS) is 10.5. The Bertz CT molecular complexity index is 691. The largest absolute Gasteiger partial charge is 0.489 e. The second-order valence-electron chi connectivity index (χ2n) is 5.07. The van der Waals surface area contributed by atoms with Crippen molar-refractivity contribution in [2.24, 2.45) is 0 Å². The molecule has 4 nitrogen and oxygen atoms in total. The van der Waals surface area contributed by atoms with Crippen molar-refractivity contribution in [3.63, 3.8) is 0 Å². The average Bonchev–Trinajstić information content (AvgIpc) is 2.48. The Morgan fingerprint density at radius 3 is 2.65 bits per heavy atom.